The predicted molar refractivity (Wildman–Crippen MR) is 170 cm³/mol. The largest absolute Gasteiger partial charge is 0.547 e. The van der Waals surface area contributed by atoms with Crippen molar-refractivity contribution in [3.05, 3.63) is 74.3 Å². The highest BCUT2D eigenvalue weighted by Gasteiger charge is 2.46. The Balaban J connectivity index is 0.000000812. The number of carbonyl (C=O) groups excluding carboxylic acids is 2. The molecule has 0 unspecified atom stereocenters. The van der Waals surface area contributed by atoms with Crippen molar-refractivity contribution in [3.63, 3.8) is 0 Å². The molecule has 2 fully saturated rings. The number of fused-ring (bicyclic) bond motifs is 1. The van der Waals surface area contributed by atoms with Crippen molar-refractivity contribution in [2.45, 2.75) is 57.0 Å². The quantitative estimate of drug-likeness (QED) is 0.167. The van der Waals surface area contributed by atoms with Gasteiger partial charge < -0.3 is 59.2 Å². The molecule has 6 N–H and O–H groups in total. The second-order valence-electron chi connectivity index (χ2n) is 11.9. The maximum absolute atomic E-state index is 14.7. The summed E-state index contributed by atoms with van der Waals surface area (Å²) in [5.74, 6) is -3.88. The maximum Gasteiger partial charge on any atom is 0.346 e. The van der Waals surface area contributed by atoms with E-state index in [2.05, 4.69) is 5.32 Å². The third-order valence-electron chi connectivity index (χ3n) is 8.34. The summed E-state index contributed by atoms with van der Waals surface area (Å²) in [6.07, 6.45) is -9.37. The Hall–Kier alpha value is -3.67. The number of pyridine rings is 1. The fourth-order valence-electron chi connectivity index (χ4n) is 5.57. The Bertz CT molecular complexity index is 1690. The summed E-state index contributed by atoms with van der Waals surface area (Å²) >= 11 is 5.94. The highest BCUT2D eigenvalue weighted by molar-refractivity contribution is 6.30. The predicted octanol–water partition coefficient (Wildman–Crippen LogP) is -1.12. The zero-order chi connectivity index (χ0) is 36.0. The Morgan fingerprint density at radius 3 is 2.37 bits per heavy atom. The average molecular weight is 711 g/mol. The number of nitrogens with two attached hydrogens (primary N) is 1. The summed E-state index contributed by atoms with van der Waals surface area (Å²) in [7, 11) is 1.39. The van der Waals surface area contributed by atoms with Gasteiger partial charge in [0, 0.05) is 24.1 Å². The second-order valence-corrected chi connectivity index (χ2v) is 12.4. The molecular weight excluding hydrogens is 671 g/mol. The summed E-state index contributed by atoms with van der Waals surface area (Å²) in [6.45, 7) is 7.40. The van der Waals surface area contributed by atoms with E-state index in [0.717, 1.165) is 32.5 Å². The van der Waals surface area contributed by atoms with Crippen molar-refractivity contribution in [2.75, 3.05) is 40.0 Å². The molecule has 0 radical (unpaired) electrons. The van der Waals surface area contributed by atoms with Gasteiger partial charge in [-0.2, -0.15) is 0 Å². The molecule has 6 atom stereocenters. The number of aliphatic hydroxyl groups is 4. The van der Waals surface area contributed by atoms with Crippen molar-refractivity contribution in [3.8, 4) is 5.75 Å². The lowest BCUT2D eigenvalue weighted by Crippen LogP contribution is -2.87. The van der Waals surface area contributed by atoms with Crippen LogP contribution in [0.3, 0.4) is 0 Å². The lowest BCUT2D eigenvalue weighted by Gasteiger charge is -2.40. The molecule has 3 aromatic rings. The van der Waals surface area contributed by atoms with E-state index < -0.39 is 72.1 Å². The number of methoxy groups -OCH3 is 1. The van der Waals surface area contributed by atoms with Gasteiger partial charge in [0.1, 0.15) is 41.5 Å². The van der Waals surface area contributed by atoms with E-state index in [4.69, 9.17) is 30.5 Å². The van der Waals surface area contributed by atoms with Crippen molar-refractivity contribution in [1.82, 2.24) is 4.57 Å². The Morgan fingerprint density at radius 2 is 1.82 bits per heavy atom. The summed E-state index contributed by atoms with van der Waals surface area (Å²) in [4.78, 5) is 38.4. The van der Waals surface area contributed by atoms with Crippen LogP contribution in [-0.4, -0.2) is 108 Å². The lowest BCUT2D eigenvalue weighted by atomic mass is 9.98. The minimum atomic E-state index is -2.15. The van der Waals surface area contributed by atoms with E-state index in [9.17, 15) is 44.3 Å². The van der Waals surface area contributed by atoms with Gasteiger partial charge in [-0.25, -0.2) is 9.18 Å². The number of nitrogens with zero attached hydrogens (tertiary/aromatic N) is 1. The molecular formula is C33H40ClFN2O12. The number of halogens is 2. The van der Waals surface area contributed by atoms with Crippen LogP contribution in [0.2, 0.25) is 5.02 Å². The number of hydrogen-bond donors (Lipinski definition) is 5. The summed E-state index contributed by atoms with van der Waals surface area (Å²) in [5, 5.41) is 53.9. The van der Waals surface area contributed by atoms with Gasteiger partial charge in [-0.1, -0.05) is 37.6 Å². The third kappa shape index (κ3) is 8.56. The first kappa shape index (κ1) is 38.1. The van der Waals surface area contributed by atoms with Crippen molar-refractivity contribution in [2.24, 2.45) is 5.92 Å². The highest BCUT2D eigenvalue weighted by atomic mass is 35.5. The van der Waals surface area contributed by atoms with Gasteiger partial charge in [-0.15, -0.1) is 0 Å². The Morgan fingerprint density at radius 1 is 1.12 bits per heavy atom. The second kappa shape index (κ2) is 16.8. The van der Waals surface area contributed by atoms with Crippen LogP contribution in [0.4, 0.5) is 4.39 Å². The number of quaternary nitrogens is 1. The topological polar surface area (TPSA) is 214 Å². The number of carboxylic acids is 1. The molecule has 2 saturated heterocycles. The van der Waals surface area contributed by atoms with Crippen molar-refractivity contribution < 1.29 is 63.8 Å². The number of carbonyl (C=O) groups is 2. The molecule has 1 aromatic heterocycles. The molecule has 14 nitrogen and oxygen atoms in total. The molecule has 3 heterocycles. The monoisotopic (exact) mass is 710 g/mol. The number of esters is 1. The van der Waals surface area contributed by atoms with Crippen LogP contribution in [0.5, 0.6) is 5.75 Å². The lowest BCUT2D eigenvalue weighted by molar-refractivity contribution is -0.670. The normalized spacial score (nSPS) is 23.0. The molecule has 2 aliphatic rings. The first-order chi connectivity index (χ1) is 23.3. The molecule has 16 heteroatoms. The van der Waals surface area contributed by atoms with Gasteiger partial charge in [-0.05, 0) is 29.2 Å². The number of rotatable bonds is 9. The molecule has 0 spiro atoms. The minimum absolute atomic E-state index is 0.0278. The molecule has 49 heavy (non-hydrogen) atoms. The van der Waals surface area contributed by atoms with Gasteiger partial charge in [0.25, 0.3) is 0 Å². The van der Waals surface area contributed by atoms with Crippen molar-refractivity contribution in [1.29, 1.82) is 0 Å². The fraction of sp³-hybridized carbons (Fsp3) is 0.485. The van der Waals surface area contributed by atoms with E-state index in [0.29, 0.717) is 5.56 Å². The molecule has 2 aliphatic heterocycles. The van der Waals surface area contributed by atoms with Crippen LogP contribution >= 0.6 is 11.6 Å². The molecule has 0 amide bonds. The maximum atomic E-state index is 14.7. The molecule has 5 rings (SSSR count). The zero-order valence-corrected chi connectivity index (χ0v) is 27.8. The number of benzene rings is 2. The molecule has 2 aromatic carbocycles. The van der Waals surface area contributed by atoms with Gasteiger partial charge in [0.2, 0.25) is 11.7 Å². The Labute approximate surface area is 285 Å². The molecule has 268 valence electrons. The summed E-state index contributed by atoms with van der Waals surface area (Å²) in [5.41, 5.74) is -0.586. The van der Waals surface area contributed by atoms with E-state index in [-0.39, 0.29) is 39.6 Å². The summed E-state index contributed by atoms with van der Waals surface area (Å²) < 4.78 is 36.9. The zero-order valence-electron chi connectivity index (χ0n) is 27.1. The van der Waals surface area contributed by atoms with Crippen LogP contribution in [0, 0.1) is 11.7 Å². The number of aliphatic carboxylic acids is 1. The highest BCUT2D eigenvalue weighted by Crippen LogP contribution is 2.32. The molecule has 0 aliphatic carbocycles. The summed E-state index contributed by atoms with van der Waals surface area (Å²) in [6, 6.07) is 6.73. The van der Waals surface area contributed by atoms with Crippen molar-refractivity contribution >= 4 is 34.4 Å². The minimum Gasteiger partial charge on any atom is -0.547 e. The number of hydrogen-bond acceptors (Lipinski definition) is 12. The SMILES string of the molecule is C1COCC[NH2+]1.COc1cc2c(cc1Cc1cccc(Cl)c1F)c(=O)c(C(=O)O[C@@H]1O[C@H](C(=O)[O-])[C@@H](O)[C@H](O)[C@H]1O)cn2[C@H](CO)C(C)C. The van der Waals surface area contributed by atoms with Crippen LogP contribution in [0.15, 0.2) is 41.3 Å². The van der Waals surface area contributed by atoms with E-state index >= 15 is 0 Å². The third-order valence-corrected chi connectivity index (χ3v) is 8.63. The number of carboxylic acid groups (broad SMARTS) is 1. The van der Waals surface area contributed by atoms with E-state index in [1.807, 2.05) is 0 Å². The van der Waals surface area contributed by atoms with E-state index in [1.165, 1.54) is 35.9 Å². The smallest absolute Gasteiger partial charge is 0.346 e. The van der Waals surface area contributed by atoms with Crippen LogP contribution in [0.1, 0.15) is 41.4 Å². The number of aliphatic hydroxyl groups excluding tert-OH is 4. The van der Waals surface area contributed by atoms with Crippen LogP contribution in [0.25, 0.3) is 10.9 Å². The molecule has 0 saturated carbocycles. The average Bonchev–Trinajstić information content (AvgIpc) is 3.08. The van der Waals surface area contributed by atoms with Crippen LogP contribution < -0.4 is 20.6 Å². The standard InChI is InChI=1S/C29H31ClFNO11.C4H9NO/c1-12(2)19(11-33)32-10-16(28(40)43-29-25(37)23(35)24(36)26(42-29)27(38)39)22(34)15-8-14(20(41-3)9-18(15)32)7-13-5-4-6-17(30)21(13)31;1-3-6-4-2-5-1/h4-6,8-10,12,19,23-26,29,33,35-37H,7,11H2,1-3H3,(H,38,39);5H,1-4H2/t19-,23+,24+,25-,26+,29+;/m1./s1. The number of ether oxygens (including phenoxy) is 4. The van der Waals surface area contributed by atoms with Gasteiger partial charge in [-0.3, -0.25) is 4.79 Å². The van der Waals surface area contributed by atoms with Crippen LogP contribution in [-0.2, 0) is 25.4 Å². The first-order valence-electron chi connectivity index (χ1n) is 15.6. The fourth-order valence-corrected chi connectivity index (χ4v) is 5.76. The van der Waals surface area contributed by atoms with Gasteiger partial charge in [0.15, 0.2) is 0 Å². The molecule has 0 bridgehead atoms. The van der Waals surface area contributed by atoms with Gasteiger partial charge >= 0.3 is 5.97 Å². The Kier molecular flexibility index (Phi) is 13.1. The van der Waals surface area contributed by atoms with Gasteiger partial charge in [0.05, 0.1) is 62.6 Å². The first-order valence-corrected chi connectivity index (χ1v) is 16.0. The number of morpholine rings is 1. The number of aromatic nitrogens is 1. The van der Waals surface area contributed by atoms with E-state index in [1.54, 1.807) is 19.9 Å².